The molecule has 2 N–H and O–H groups in total. The van der Waals surface area contributed by atoms with Crippen LogP contribution >= 0.6 is 0 Å². The highest BCUT2D eigenvalue weighted by molar-refractivity contribution is 5.62. The van der Waals surface area contributed by atoms with Gasteiger partial charge in [-0.05, 0) is 19.1 Å². The van der Waals surface area contributed by atoms with Crippen LogP contribution in [0.5, 0.6) is 0 Å². The first kappa shape index (κ1) is 9.86. The summed E-state index contributed by atoms with van der Waals surface area (Å²) in [5, 5.41) is 8.90. The van der Waals surface area contributed by atoms with Crippen LogP contribution in [-0.4, -0.2) is 15.1 Å². The smallest absolute Gasteiger partial charge is 0.132 e. The summed E-state index contributed by atoms with van der Waals surface area (Å²) in [7, 11) is 0. The Labute approximate surface area is 86.6 Å². The van der Waals surface area contributed by atoms with Gasteiger partial charge in [0.1, 0.15) is 18.2 Å². The number of nitrogens with one attached hydrogen (secondary N) is 1. The van der Waals surface area contributed by atoms with Gasteiger partial charge in [0.2, 0.25) is 0 Å². The summed E-state index contributed by atoms with van der Waals surface area (Å²) >= 11 is 0. The van der Waals surface area contributed by atoms with E-state index in [1.165, 1.54) is 6.07 Å². The fourth-order valence-electron chi connectivity index (χ4n) is 1.51. The quantitative estimate of drug-likeness (QED) is 0.789. The molecule has 0 bridgehead atoms. The minimum Gasteiger partial charge on any atom is -0.388 e. The van der Waals surface area contributed by atoms with E-state index in [1.807, 2.05) is 0 Å². The van der Waals surface area contributed by atoms with Gasteiger partial charge in [0.25, 0.3) is 0 Å². The number of aromatic amines is 1. The first-order chi connectivity index (χ1) is 7.22. The molecule has 78 valence electrons. The molecule has 1 aromatic carbocycles. The fraction of sp³-hybridized carbons (Fsp3) is 0.182. The van der Waals surface area contributed by atoms with Crippen molar-refractivity contribution in [3.8, 4) is 11.3 Å². The van der Waals surface area contributed by atoms with Gasteiger partial charge in [-0.15, -0.1) is 0 Å². The third-order valence-corrected chi connectivity index (χ3v) is 2.21. The van der Waals surface area contributed by atoms with E-state index in [0.717, 1.165) is 5.69 Å². The maximum Gasteiger partial charge on any atom is 0.132 e. The number of aromatic nitrogens is 2. The number of imidazole rings is 1. The summed E-state index contributed by atoms with van der Waals surface area (Å²) in [6, 6.07) is 6.45. The Kier molecular flexibility index (Phi) is 2.51. The number of rotatable bonds is 2. The van der Waals surface area contributed by atoms with Crippen molar-refractivity contribution in [2.45, 2.75) is 13.5 Å². The predicted octanol–water partition coefficient (Wildman–Crippen LogP) is 2.02. The number of aliphatic hydroxyl groups is 1. The molecule has 2 rings (SSSR count). The molecule has 15 heavy (non-hydrogen) atoms. The summed E-state index contributed by atoms with van der Waals surface area (Å²) in [6.45, 7) is 1.63. The molecule has 0 saturated heterocycles. The summed E-state index contributed by atoms with van der Waals surface area (Å²) in [4.78, 5) is 7.01. The summed E-state index contributed by atoms with van der Waals surface area (Å²) in [5.41, 5.74) is 1.76. The highest BCUT2D eigenvalue weighted by Gasteiger charge is 2.11. The maximum atomic E-state index is 13.5. The van der Waals surface area contributed by atoms with Gasteiger partial charge >= 0.3 is 0 Å². The van der Waals surface area contributed by atoms with Crippen molar-refractivity contribution >= 4 is 0 Å². The highest BCUT2D eigenvalue weighted by Crippen LogP contribution is 2.23. The minimum absolute atomic E-state index is 0.171. The van der Waals surface area contributed by atoms with E-state index in [-0.39, 0.29) is 12.4 Å². The molecule has 0 aliphatic rings. The molecule has 4 heteroatoms. The Bertz CT molecular complexity index is 479. The van der Waals surface area contributed by atoms with Crippen LogP contribution in [0.15, 0.2) is 24.3 Å². The first-order valence-electron chi connectivity index (χ1n) is 4.63. The van der Waals surface area contributed by atoms with E-state index in [0.29, 0.717) is 17.1 Å². The molecule has 0 fully saturated rings. The van der Waals surface area contributed by atoms with E-state index < -0.39 is 0 Å². The van der Waals surface area contributed by atoms with Crippen LogP contribution in [0.25, 0.3) is 11.3 Å². The van der Waals surface area contributed by atoms with Crippen molar-refractivity contribution in [2.75, 3.05) is 0 Å². The molecule has 0 unspecified atom stereocenters. The molecular formula is C11H11FN2O. The number of hydrogen-bond donors (Lipinski definition) is 2. The molecule has 1 heterocycles. The molecule has 0 aliphatic heterocycles. The second-order valence-electron chi connectivity index (χ2n) is 3.30. The minimum atomic E-state index is -0.309. The van der Waals surface area contributed by atoms with E-state index in [4.69, 9.17) is 5.11 Å². The Morgan fingerprint density at radius 1 is 1.40 bits per heavy atom. The van der Waals surface area contributed by atoms with Gasteiger partial charge in [-0.3, -0.25) is 0 Å². The average Bonchev–Trinajstić information content (AvgIpc) is 2.60. The lowest BCUT2D eigenvalue weighted by molar-refractivity contribution is 0.272. The van der Waals surface area contributed by atoms with Gasteiger partial charge in [-0.2, -0.15) is 0 Å². The van der Waals surface area contributed by atoms with Gasteiger partial charge in [0, 0.05) is 11.3 Å². The number of halogens is 1. The zero-order chi connectivity index (χ0) is 10.8. The largest absolute Gasteiger partial charge is 0.388 e. The standard InChI is InChI=1S/C11H11FN2O/c1-7-11(14-10(6-15)13-7)8-4-2-3-5-9(8)12/h2-5,15H,6H2,1H3,(H,13,14). The van der Waals surface area contributed by atoms with E-state index in [9.17, 15) is 4.39 Å². The zero-order valence-corrected chi connectivity index (χ0v) is 8.29. The first-order valence-corrected chi connectivity index (χ1v) is 4.63. The van der Waals surface area contributed by atoms with E-state index >= 15 is 0 Å². The monoisotopic (exact) mass is 206 g/mol. The molecule has 1 aromatic heterocycles. The second kappa shape index (κ2) is 3.82. The summed E-state index contributed by atoms with van der Waals surface area (Å²) < 4.78 is 13.5. The molecule has 0 saturated carbocycles. The molecule has 0 amide bonds. The van der Waals surface area contributed by atoms with Crippen molar-refractivity contribution in [2.24, 2.45) is 0 Å². The SMILES string of the molecule is Cc1[nH]c(CO)nc1-c1ccccc1F. The Morgan fingerprint density at radius 2 is 2.13 bits per heavy atom. The summed E-state index contributed by atoms with van der Waals surface area (Å²) in [5.74, 6) is 0.141. The molecule has 3 nitrogen and oxygen atoms in total. The third kappa shape index (κ3) is 1.76. The van der Waals surface area contributed by atoms with Crippen molar-refractivity contribution in [3.05, 3.63) is 41.6 Å². The number of H-pyrrole nitrogens is 1. The molecule has 0 spiro atoms. The third-order valence-electron chi connectivity index (χ3n) is 2.21. The highest BCUT2D eigenvalue weighted by atomic mass is 19.1. The molecular weight excluding hydrogens is 195 g/mol. The van der Waals surface area contributed by atoms with Gasteiger partial charge in [0.15, 0.2) is 0 Å². The van der Waals surface area contributed by atoms with Crippen LogP contribution in [-0.2, 0) is 6.61 Å². The number of aliphatic hydroxyl groups excluding tert-OH is 1. The Balaban J connectivity index is 2.54. The second-order valence-corrected chi connectivity index (χ2v) is 3.30. The van der Waals surface area contributed by atoms with Crippen molar-refractivity contribution in [3.63, 3.8) is 0 Å². The van der Waals surface area contributed by atoms with E-state index in [2.05, 4.69) is 9.97 Å². The van der Waals surface area contributed by atoms with Gasteiger partial charge in [-0.25, -0.2) is 9.37 Å². The van der Waals surface area contributed by atoms with Crippen LogP contribution in [0.2, 0.25) is 0 Å². The predicted molar refractivity (Wildman–Crippen MR) is 54.6 cm³/mol. The maximum absolute atomic E-state index is 13.5. The molecule has 0 aliphatic carbocycles. The van der Waals surface area contributed by atoms with Crippen molar-refractivity contribution in [1.29, 1.82) is 0 Å². The molecule has 0 radical (unpaired) electrons. The molecule has 0 atom stereocenters. The Morgan fingerprint density at radius 3 is 2.73 bits per heavy atom. The van der Waals surface area contributed by atoms with Crippen molar-refractivity contribution < 1.29 is 9.50 Å². The van der Waals surface area contributed by atoms with Crippen LogP contribution in [0.3, 0.4) is 0 Å². The van der Waals surface area contributed by atoms with E-state index in [1.54, 1.807) is 25.1 Å². The van der Waals surface area contributed by atoms with Crippen LogP contribution < -0.4 is 0 Å². The Hall–Kier alpha value is -1.68. The average molecular weight is 206 g/mol. The molecule has 2 aromatic rings. The van der Waals surface area contributed by atoms with Crippen molar-refractivity contribution in [1.82, 2.24) is 9.97 Å². The lowest BCUT2D eigenvalue weighted by Crippen LogP contribution is -1.87. The number of hydrogen-bond acceptors (Lipinski definition) is 2. The van der Waals surface area contributed by atoms with Gasteiger partial charge in [0.05, 0.1) is 5.69 Å². The summed E-state index contributed by atoms with van der Waals surface area (Å²) in [6.07, 6.45) is 0. The number of benzene rings is 1. The lowest BCUT2D eigenvalue weighted by Gasteiger charge is -1.99. The lowest BCUT2D eigenvalue weighted by atomic mass is 10.1. The van der Waals surface area contributed by atoms with Gasteiger partial charge in [-0.1, -0.05) is 12.1 Å². The van der Waals surface area contributed by atoms with Crippen LogP contribution in [0.1, 0.15) is 11.5 Å². The number of nitrogens with zero attached hydrogens (tertiary/aromatic N) is 1. The topological polar surface area (TPSA) is 48.9 Å². The van der Waals surface area contributed by atoms with Gasteiger partial charge < -0.3 is 10.1 Å². The normalized spacial score (nSPS) is 10.6. The fourth-order valence-corrected chi connectivity index (χ4v) is 1.51. The van der Waals surface area contributed by atoms with Crippen LogP contribution in [0.4, 0.5) is 4.39 Å². The number of aryl methyl sites for hydroxylation is 1. The van der Waals surface area contributed by atoms with Crippen LogP contribution in [0, 0.1) is 12.7 Å². The zero-order valence-electron chi connectivity index (χ0n) is 8.29.